The molecule has 2 aliphatic heterocycles. The van der Waals surface area contributed by atoms with E-state index in [0.717, 1.165) is 24.9 Å². The minimum absolute atomic E-state index is 0.0306. The van der Waals surface area contributed by atoms with Crippen LogP contribution in [0.2, 0.25) is 0 Å². The number of likely N-dealkylation sites (tertiary alicyclic amines) is 1. The number of aromatic nitrogens is 2. The van der Waals surface area contributed by atoms with Crippen molar-refractivity contribution < 1.29 is 14.1 Å². The molecule has 1 saturated heterocycles. The summed E-state index contributed by atoms with van der Waals surface area (Å²) in [5, 5.41) is 4.10. The number of ether oxygens (including phenoxy) is 1. The van der Waals surface area contributed by atoms with Crippen molar-refractivity contribution in [3.63, 3.8) is 0 Å². The summed E-state index contributed by atoms with van der Waals surface area (Å²) < 4.78 is 10.8. The van der Waals surface area contributed by atoms with Crippen molar-refractivity contribution in [2.45, 2.75) is 51.9 Å². The van der Waals surface area contributed by atoms with Crippen LogP contribution in [0.4, 0.5) is 0 Å². The van der Waals surface area contributed by atoms with Crippen molar-refractivity contribution in [1.29, 1.82) is 0 Å². The molecule has 126 valence electrons. The Morgan fingerprint density at radius 2 is 2.12 bits per heavy atom. The lowest BCUT2D eigenvalue weighted by Crippen LogP contribution is -2.31. The van der Waals surface area contributed by atoms with Gasteiger partial charge in [0.15, 0.2) is 5.82 Å². The minimum atomic E-state index is -0.0988. The van der Waals surface area contributed by atoms with Gasteiger partial charge in [0, 0.05) is 18.0 Å². The summed E-state index contributed by atoms with van der Waals surface area (Å²) in [5.41, 5.74) is 2.99. The average molecular weight is 327 g/mol. The van der Waals surface area contributed by atoms with E-state index in [0.29, 0.717) is 30.5 Å². The van der Waals surface area contributed by atoms with Crippen molar-refractivity contribution in [2.24, 2.45) is 0 Å². The first-order valence-electron chi connectivity index (χ1n) is 8.47. The Morgan fingerprint density at radius 1 is 1.29 bits per heavy atom. The number of benzene rings is 1. The van der Waals surface area contributed by atoms with E-state index < -0.39 is 0 Å². The topological polar surface area (TPSA) is 68.5 Å². The molecular formula is C18H21N3O3. The molecule has 6 heteroatoms. The lowest BCUT2D eigenvalue weighted by molar-refractivity contribution is 0.0728. The number of hydrogen-bond donors (Lipinski definition) is 0. The number of carbonyl (C=O) groups is 1. The van der Waals surface area contributed by atoms with Crippen LogP contribution in [0.15, 0.2) is 22.7 Å². The Hall–Kier alpha value is -2.21. The van der Waals surface area contributed by atoms with E-state index in [1.54, 1.807) is 0 Å². The Kier molecular flexibility index (Phi) is 3.84. The van der Waals surface area contributed by atoms with Crippen LogP contribution in [-0.4, -0.2) is 27.5 Å². The Balaban J connectivity index is 1.58. The molecule has 24 heavy (non-hydrogen) atoms. The van der Waals surface area contributed by atoms with Crippen LogP contribution < -0.4 is 0 Å². The van der Waals surface area contributed by atoms with E-state index in [1.807, 2.05) is 36.9 Å². The van der Waals surface area contributed by atoms with E-state index in [1.165, 1.54) is 5.56 Å². The summed E-state index contributed by atoms with van der Waals surface area (Å²) in [7, 11) is 0. The number of rotatable bonds is 3. The molecule has 0 saturated carbocycles. The van der Waals surface area contributed by atoms with Crippen LogP contribution in [-0.2, 0) is 18.0 Å². The molecule has 1 aromatic heterocycles. The lowest BCUT2D eigenvalue weighted by atomic mass is 10.1. The first-order valence-corrected chi connectivity index (χ1v) is 8.47. The molecule has 4 rings (SSSR count). The van der Waals surface area contributed by atoms with E-state index in [9.17, 15) is 4.79 Å². The molecule has 1 fully saturated rings. The summed E-state index contributed by atoms with van der Waals surface area (Å²) in [6, 6.07) is 5.74. The molecule has 2 aliphatic rings. The van der Waals surface area contributed by atoms with Gasteiger partial charge in [0.25, 0.3) is 5.91 Å². The molecule has 0 N–H and O–H groups in total. The van der Waals surface area contributed by atoms with Gasteiger partial charge in [0.2, 0.25) is 5.89 Å². The fourth-order valence-electron chi connectivity index (χ4n) is 3.37. The Morgan fingerprint density at radius 3 is 2.92 bits per heavy atom. The highest BCUT2D eigenvalue weighted by molar-refractivity contribution is 5.95. The highest BCUT2D eigenvalue weighted by Gasteiger charge is 2.34. The summed E-state index contributed by atoms with van der Waals surface area (Å²) in [5.74, 6) is 1.46. The van der Waals surface area contributed by atoms with Crippen molar-refractivity contribution >= 4 is 5.91 Å². The smallest absolute Gasteiger partial charge is 0.254 e. The predicted octanol–water partition coefficient (Wildman–Crippen LogP) is 3.20. The molecule has 0 radical (unpaired) electrons. The van der Waals surface area contributed by atoms with Crippen LogP contribution in [0.3, 0.4) is 0 Å². The van der Waals surface area contributed by atoms with Crippen LogP contribution in [0.25, 0.3) is 0 Å². The van der Waals surface area contributed by atoms with E-state index in [-0.39, 0.29) is 17.9 Å². The molecule has 3 heterocycles. The summed E-state index contributed by atoms with van der Waals surface area (Å²) in [6.45, 7) is 5.98. The molecule has 1 atom stereocenters. The van der Waals surface area contributed by atoms with E-state index in [2.05, 4.69) is 10.1 Å². The average Bonchev–Trinajstić information content (AvgIpc) is 3.31. The molecule has 0 unspecified atom stereocenters. The molecule has 0 spiro atoms. The van der Waals surface area contributed by atoms with Gasteiger partial charge in [0.05, 0.1) is 19.3 Å². The third-order valence-corrected chi connectivity index (χ3v) is 4.73. The second kappa shape index (κ2) is 6.02. The largest absolute Gasteiger partial charge is 0.372 e. The molecule has 1 amide bonds. The normalized spacial score (nSPS) is 20.0. The second-order valence-electron chi connectivity index (χ2n) is 6.78. The van der Waals surface area contributed by atoms with Crippen LogP contribution in [0.1, 0.15) is 71.8 Å². The molecule has 0 aliphatic carbocycles. The van der Waals surface area contributed by atoms with Gasteiger partial charge < -0.3 is 14.2 Å². The maximum absolute atomic E-state index is 13.0. The zero-order valence-electron chi connectivity index (χ0n) is 14.0. The van der Waals surface area contributed by atoms with Crippen LogP contribution in [0, 0.1) is 0 Å². The zero-order valence-corrected chi connectivity index (χ0v) is 14.0. The first-order chi connectivity index (χ1) is 11.6. The molecule has 1 aromatic carbocycles. The maximum Gasteiger partial charge on any atom is 0.254 e. The minimum Gasteiger partial charge on any atom is -0.372 e. The molecule has 2 aromatic rings. The van der Waals surface area contributed by atoms with Crippen LogP contribution in [0.5, 0.6) is 0 Å². The van der Waals surface area contributed by atoms with Gasteiger partial charge >= 0.3 is 0 Å². The van der Waals surface area contributed by atoms with Gasteiger partial charge in [-0.05, 0) is 36.1 Å². The van der Waals surface area contributed by atoms with Crippen molar-refractivity contribution in [3.05, 3.63) is 46.6 Å². The van der Waals surface area contributed by atoms with Crippen molar-refractivity contribution in [3.8, 4) is 0 Å². The molecule has 6 nitrogen and oxygen atoms in total. The number of fused-ring (bicyclic) bond motifs is 1. The van der Waals surface area contributed by atoms with E-state index in [4.69, 9.17) is 9.26 Å². The van der Waals surface area contributed by atoms with Gasteiger partial charge in [-0.3, -0.25) is 4.79 Å². The van der Waals surface area contributed by atoms with Crippen LogP contribution >= 0.6 is 0 Å². The van der Waals surface area contributed by atoms with Gasteiger partial charge in [0.1, 0.15) is 0 Å². The quantitative estimate of drug-likeness (QED) is 0.866. The summed E-state index contributed by atoms with van der Waals surface area (Å²) in [6.07, 6.45) is 1.83. The second-order valence-corrected chi connectivity index (χ2v) is 6.78. The monoisotopic (exact) mass is 327 g/mol. The predicted molar refractivity (Wildman–Crippen MR) is 86.3 cm³/mol. The Bertz CT molecular complexity index is 769. The molecular weight excluding hydrogens is 306 g/mol. The van der Waals surface area contributed by atoms with Gasteiger partial charge in [-0.15, -0.1) is 0 Å². The highest BCUT2D eigenvalue weighted by atomic mass is 16.5. The lowest BCUT2D eigenvalue weighted by Gasteiger charge is -2.22. The SMILES string of the molecule is CC(C)c1nc([C@H]2CCCN2C(=O)c2ccc3c(c2)COC3)no1. The third-order valence-electron chi connectivity index (χ3n) is 4.73. The summed E-state index contributed by atoms with van der Waals surface area (Å²) in [4.78, 5) is 19.3. The number of carbonyl (C=O) groups excluding carboxylic acids is 1. The fraction of sp³-hybridized carbons (Fsp3) is 0.500. The van der Waals surface area contributed by atoms with Gasteiger partial charge in [-0.2, -0.15) is 4.98 Å². The maximum atomic E-state index is 13.0. The Labute approximate surface area is 140 Å². The third kappa shape index (κ3) is 2.60. The number of nitrogens with zero attached hydrogens (tertiary/aromatic N) is 3. The highest BCUT2D eigenvalue weighted by Crippen LogP contribution is 2.33. The summed E-state index contributed by atoms with van der Waals surface area (Å²) >= 11 is 0. The zero-order chi connectivity index (χ0) is 16.7. The van der Waals surface area contributed by atoms with Gasteiger partial charge in [-0.1, -0.05) is 25.1 Å². The van der Waals surface area contributed by atoms with Gasteiger partial charge in [-0.25, -0.2) is 0 Å². The first kappa shape index (κ1) is 15.3. The molecule has 0 bridgehead atoms. The van der Waals surface area contributed by atoms with E-state index >= 15 is 0 Å². The number of amides is 1. The number of hydrogen-bond acceptors (Lipinski definition) is 5. The van der Waals surface area contributed by atoms with Crippen molar-refractivity contribution in [1.82, 2.24) is 15.0 Å². The van der Waals surface area contributed by atoms with Crippen molar-refractivity contribution in [2.75, 3.05) is 6.54 Å². The fourth-order valence-corrected chi connectivity index (χ4v) is 3.37. The standard InChI is InChI=1S/C18H21N3O3/c1-11(2)17-19-16(20-24-17)15-4-3-7-21(15)18(22)12-5-6-13-9-23-10-14(13)8-12/h5-6,8,11,15H,3-4,7,9-10H2,1-2H3/t15-/m1/s1.